The van der Waals surface area contributed by atoms with E-state index in [4.69, 9.17) is 4.74 Å². The van der Waals surface area contributed by atoms with E-state index in [0.29, 0.717) is 30.4 Å². The van der Waals surface area contributed by atoms with Crippen molar-refractivity contribution < 1.29 is 24.0 Å². The first-order valence-corrected chi connectivity index (χ1v) is 7.53. The lowest BCUT2D eigenvalue weighted by Gasteiger charge is -2.07. The quantitative estimate of drug-likeness (QED) is 0.472. The number of esters is 2. The van der Waals surface area contributed by atoms with Gasteiger partial charge in [0.1, 0.15) is 5.69 Å². The summed E-state index contributed by atoms with van der Waals surface area (Å²) in [6.45, 7) is 4.00. The molecule has 0 bridgehead atoms. The number of pyridine rings is 1. The number of aromatic nitrogens is 1. The molecule has 0 fully saturated rings. The second kappa shape index (κ2) is 8.76. The Morgan fingerprint density at radius 1 is 1.17 bits per heavy atom. The number of nitro groups is 1. The van der Waals surface area contributed by atoms with Crippen LogP contribution < -0.4 is 0 Å². The van der Waals surface area contributed by atoms with E-state index in [1.165, 1.54) is 20.4 Å². The molecule has 0 unspecified atom stereocenters. The smallest absolute Gasteiger partial charge is 0.339 e. The third-order valence-electron chi connectivity index (χ3n) is 3.42. The molecule has 0 spiro atoms. The fourth-order valence-corrected chi connectivity index (χ4v) is 2.41. The molecule has 0 saturated carbocycles. The predicted octanol–water partition coefficient (Wildman–Crippen LogP) is 2.91. The van der Waals surface area contributed by atoms with Gasteiger partial charge in [0, 0.05) is 17.8 Å². The minimum Gasteiger partial charge on any atom is -0.466 e. The van der Waals surface area contributed by atoms with Gasteiger partial charge in [-0.25, -0.2) is 14.6 Å². The number of carbonyl (C=O) groups excluding carboxylic acids is 2. The zero-order valence-electron chi connectivity index (χ0n) is 14.1. The van der Waals surface area contributed by atoms with Crippen LogP contribution in [-0.2, 0) is 14.3 Å². The molecule has 130 valence electrons. The highest BCUT2D eigenvalue weighted by Crippen LogP contribution is 2.37. The Labute approximate surface area is 139 Å². The van der Waals surface area contributed by atoms with Crippen LogP contribution in [0.5, 0.6) is 0 Å². The van der Waals surface area contributed by atoms with E-state index in [-0.39, 0.29) is 16.9 Å². The van der Waals surface area contributed by atoms with Crippen molar-refractivity contribution in [2.45, 2.75) is 33.1 Å². The van der Waals surface area contributed by atoms with Crippen LogP contribution in [-0.4, -0.2) is 36.1 Å². The van der Waals surface area contributed by atoms with Crippen molar-refractivity contribution in [3.05, 3.63) is 39.2 Å². The molecule has 8 heteroatoms. The summed E-state index contributed by atoms with van der Waals surface area (Å²) < 4.78 is 9.22. The Balaban J connectivity index is 0.00000139. The molecule has 0 atom stereocenters. The van der Waals surface area contributed by atoms with Crippen LogP contribution in [0.4, 0.5) is 5.69 Å². The minimum absolute atomic E-state index is 0.0174. The number of methoxy groups -OCH3 is 2. The topological polar surface area (TPSA) is 109 Å². The molecule has 0 saturated heterocycles. The number of ether oxygens (including phenoxy) is 2. The molecule has 1 heterocycles. The molecule has 0 amide bonds. The molecule has 0 N–H and O–H groups in total. The lowest BCUT2D eigenvalue weighted by Crippen LogP contribution is -2.08. The van der Waals surface area contributed by atoms with E-state index >= 15 is 0 Å². The van der Waals surface area contributed by atoms with Crippen LogP contribution in [0.2, 0.25) is 0 Å². The van der Waals surface area contributed by atoms with E-state index in [2.05, 4.69) is 9.72 Å². The van der Waals surface area contributed by atoms with Crippen molar-refractivity contribution in [2.75, 3.05) is 14.2 Å². The Morgan fingerprint density at radius 3 is 2.33 bits per heavy atom. The number of allylic oxidation sites excluding steroid dienone is 1. The van der Waals surface area contributed by atoms with Crippen molar-refractivity contribution in [3.8, 4) is 0 Å². The number of hydrogen-bond acceptors (Lipinski definition) is 7. The number of nitrogens with zero attached hydrogens (tertiary/aromatic N) is 2. The van der Waals surface area contributed by atoms with Gasteiger partial charge >= 0.3 is 11.9 Å². The minimum atomic E-state index is -0.712. The summed E-state index contributed by atoms with van der Waals surface area (Å²) in [5, 5.41) is 11.3. The molecule has 0 radical (unpaired) electrons. The Morgan fingerprint density at radius 2 is 1.79 bits per heavy atom. The van der Waals surface area contributed by atoms with Crippen molar-refractivity contribution in [1.82, 2.24) is 4.98 Å². The number of carbonyl (C=O) groups is 2. The highest BCUT2D eigenvalue weighted by atomic mass is 16.6. The molecule has 0 aromatic carbocycles. The van der Waals surface area contributed by atoms with Gasteiger partial charge in [0.05, 0.1) is 24.7 Å². The molecular weight excluding hydrogens is 316 g/mol. The fraction of sp³-hybridized carbons (Fsp3) is 0.438. The first-order valence-electron chi connectivity index (χ1n) is 7.53. The van der Waals surface area contributed by atoms with E-state index in [9.17, 15) is 19.7 Å². The van der Waals surface area contributed by atoms with Gasteiger partial charge in [-0.1, -0.05) is 13.8 Å². The van der Waals surface area contributed by atoms with Gasteiger partial charge in [0.25, 0.3) is 5.69 Å². The Hall–Kier alpha value is -2.77. The zero-order chi connectivity index (χ0) is 18.3. The number of hydrogen-bond donors (Lipinski definition) is 0. The van der Waals surface area contributed by atoms with Crippen molar-refractivity contribution >= 4 is 23.2 Å². The van der Waals surface area contributed by atoms with Crippen molar-refractivity contribution in [2.24, 2.45) is 0 Å². The summed E-state index contributed by atoms with van der Waals surface area (Å²) in [5.41, 5.74) is 0.631. The molecule has 1 aliphatic carbocycles. The highest BCUT2D eigenvalue weighted by molar-refractivity contribution is 5.99. The lowest BCUT2D eigenvalue weighted by atomic mass is 10.0. The molecule has 1 aliphatic rings. The summed E-state index contributed by atoms with van der Waals surface area (Å²) in [5.74, 6) is -1.23. The van der Waals surface area contributed by atoms with Gasteiger partial charge in [0.2, 0.25) is 0 Å². The summed E-state index contributed by atoms with van der Waals surface area (Å²) in [6, 6.07) is 1.11. The van der Waals surface area contributed by atoms with E-state index in [0.717, 1.165) is 6.07 Å². The van der Waals surface area contributed by atoms with Crippen LogP contribution in [0.3, 0.4) is 0 Å². The summed E-state index contributed by atoms with van der Waals surface area (Å²) >= 11 is 0. The second-order valence-corrected chi connectivity index (χ2v) is 4.64. The van der Waals surface area contributed by atoms with Crippen molar-refractivity contribution in [1.29, 1.82) is 0 Å². The predicted molar refractivity (Wildman–Crippen MR) is 86.4 cm³/mol. The SMILES string of the molecule is CC.COC(=O)C1=C(c2ncc(C(=O)OC)cc2[N+](=O)[O-])CCC1. The summed E-state index contributed by atoms with van der Waals surface area (Å²) in [4.78, 5) is 37.9. The first kappa shape index (κ1) is 19.3. The van der Waals surface area contributed by atoms with Crippen LogP contribution in [0.1, 0.15) is 49.2 Å². The summed E-state index contributed by atoms with van der Waals surface area (Å²) in [7, 11) is 2.43. The monoisotopic (exact) mass is 336 g/mol. The van der Waals surface area contributed by atoms with Crippen LogP contribution >= 0.6 is 0 Å². The molecule has 24 heavy (non-hydrogen) atoms. The fourth-order valence-electron chi connectivity index (χ4n) is 2.41. The van der Waals surface area contributed by atoms with Crippen LogP contribution in [0.15, 0.2) is 17.8 Å². The van der Waals surface area contributed by atoms with Gasteiger partial charge < -0.3 is 9.47 Å². The Bertz CT molecular complexity index is 681. The molecular formula is C16H20N2O6. The average Bonchev–Trinajstić information content (AvgIpc) is 3.11. The molecule has 2 rings (SSSR count). The third kappa shape index (κ3) is 3.95. The standard InChI is InChI=1S/C14H14N2O6.C2H6/c1-21-13(17)8-6-11(16(19)20)12(15-7-8)9-4-3-5-10(9)14(18)22-2;1-2/h6-7H,3-5H2,1-2H3;1-2H3. The zero-order valence-corrected chi connectivity index (χ0v) is 14.1. The molecule has 8 nitrogen and oxygen atoms in total. The highest BCUT2D eigenvalue weighted by Gasteiger charge is 2.29. The maximum absolute atomic E-state index is 11.7. The van der Waals surface area contributed by atoms with Gasteiger partial charge in [0.15, 0.2) is 0 Å². The number of rotatable bonds is 4. The lowest BCUT2D eigenvalue weighted by molar-refractivity contribution is -0.385. The maximum Gasteiger partial charge on any atom is 0.339 e. The second-order valence-electron chi connectivity index (χ2n) is 4.64. The van der Waals surface area contributed by atoms with Gasteiger partial charge in [-0.2, -0.15) is 0 Å². The van der Waals surface area contributed by atoms with Crippen LogP contribution in [0, 0.1) is 10.1 Å². The summed E-state index contributed by atoms with van der Waals surface area (Å²) in [6.07, 6.45) is 2.88. The van der Waals surface area contributed by atoms with E-state index in [1.54, 1.807) is 0 Å². The molecule has 1 aromatic rings. The first-order chi connectivity index (χ1) is 11.5. The normalized spacial score (nSPS) is 13.0. The van der Waals surface area contributed by atoms with Crippen molar-refractivity contribution in [3.63, 3.8) is 0 Å². The van der Waals surface area contributed by atoms with Gasteiger partial charge in [-0.05, 0) is 24.8 Å². The average molecular weight is 336 g/mol. The molecule has 0 aliphatic heterocycles. The van der Waals surface area contributed by atoms with Gasteiger partial charge in [-0.3, -0.25) is 10.1 Å². The van der Waals surface area contributed by atoms with E-state index in [1.807, 2.05) is 13.8 Å². The third-order valence-corrected chi connectivity index (χ3v) is 3.42. The van der Waals surface area contributed by atoms with E-state index < -0.39 is 16.9 Å². The van der Waals surface area contributed by atoms with Crippen LogP contribution in [0.25, 0.3) is 5.57 Å². The molecule has 1 aromatic heterocycles. The Kier molecular flexibility index (Phi) is 7.03. The van der Waals surface area contributed by atoms with Gasteiger partial charge in [-0.15, -0.1) is 0 Å². The largest absolute Gasteiger partial charge is 0.466 e. The maximum atomic E-state index is 11.7.